The normalized spacial score (nSPS) is 12.2. The highest BCUT2D eigenvalue weighted by Crippen LogP contribution is 2.22. The van der Waals surface area contributed by atoms with E-state index in [9.17, 15) is 14.9 Å². The fourth-order valence-electron chi connectivity index (χ4n) is 2.07. The molecular weight excluding hydrogens is 258 g/mol. The molecule has 1 amide bonds. The van der Waals surface area contributed by atoms with Gasteiger partial charge in [-0.2, -0.15) is 0 Å². The average molecular weight is 279 g/mol. The third-order valence-corrected chi connectivity index (χ3v) is 3.27. The second kappa shape index (κ2) is 6.36. The molecule has 1 atom stereocenters. The Labute approximate surface area is 118 Å². The second-order valence-electron chi connectivity index (χ2n) is 5.42. The molecule has 0 aromatic heterocycles. The summed E-state index contributed by atoms with van der Waals surface area (Å²) in [5.74, 6) is 0.169. The fourth-order valence-corrected chi connectivity index (χ4v) is 2.07. The number of amides is 1. The summed E-state index contributed by atoms with van der Waals surface area (Å²) in [6.07, 6.45) is 0.858. The first-order valence-electron chi connectivity index (χ1n) is 6.55. The smallest absolute Gasteiger partial charge is 0.270 e. The number of anilines is 1. The zero-order chi connectivity index (χ0) is 15.4. The van der Waals surface area contributed by atoms with Crippen molar-refractivity contribution in [2.45, 2.75) is 33.2 Å². The molecule has 0 aliphatic rings. The van der Waals surface area contributed by atoms with Crippen LogP contribution in [0.4, 0.5) is 11.4 Å². The first-order valence-corrected chi connectivity index (χ1v) is 6.55. The number of carbonyl (C=O) groups excluding carboxylic acids is 1. The molecule has 6 heteroatoms. The molecule has 6 nitrogen and oxygen atoms in total. The van der Waals surface area contributed by atoms with E-state index < -0.39 is 4.92 Å². The van der Waals surface area contributed by atoms with Gasteiger partial charge in [-0.25, -0.2) is 0 Å². The van der Waals surface area contributed by atoms with Crippen LogP contribution in [-0.2, 0) is 0 Å². The lowest BCUT2D eigenvalue weighted by Gasteiger charge is -2.26. The van der Waals surface area contributed by atoms with Crippen LogP contribution < -0.4 is 5.73 Å². The molecule has 1 unspecified atom stereocenters. The number of hydrogen-bond acceptors (Lipinski definition) is 4. The van der Waals surface area contributed by atoms with Gasteiger partial charge in [0.1, 0.15) is 0 Å². The molecule has 0 heterocycles. The van der Waals surface area contributed by atoms with Crippen molar-refractivity contribution in [2.75, 3.05) is 12.8 Å². The Kier molecular flexibility index (Phi) is 5.07. The van der Waals surface area contributed by atoms with Crippen LogP contribution >= 0.6 is 0 Å². The number of benzene rings is 1. The quantitative estimate of drug-likeness (QED) is 0.509. The van der Waals surface area contributed by atoms with Gasteiger partial charge in [-0.15, -0.1) is 0 Å². The van der Waals surface area contributed by atoms with Gasteiger partial charge in [0.25, 0.3) is 11.6 Å². The number of nitro groups is 1. The number of nitrogens with zero attached hydrogens (tertiary/aromatic N) is 2. The molecule has 0 spiro atoms. The monoisotopic (exact) mass is 279 g/mol. The van der Waals surface area contributed by atoms with Crippen LogP contribution in [0, 0.1) is 16.0 Å². The van der Waals surface area contributed by atoms with E-state index in [0.717, 1.165) is 6.42 Å². The van der Waals surface area contributed by atoms with Crippen LogP contribution in [0.2, 0.25) is 0 Å². The second-order valence-corrected chi connectivity index (χ2v) is 5.42. The van der Waals surface area contributed by atoms with Crippen LogP contribution in [0.15, 0.2) is 18.2 Å². The summed E-state index contributed by atoms with van der Waals surface area (Å²) >= 11 is 0. The van der Waals surface area contributed by atoms with Gasteiger partial charge in [-0.3, -0.25) is 14.9 Å². The minimum atomic E-state index is -0.534. The first-order chi connectivity index (χ1) is 9.23. The molecule has 110 valence electrons. The zero-order valence-electron chi connectivity index (χ0n) is 12.3. The van der Waals surface area contributed by atoms with Crippen molar-refractivity contribution in [3.05, 3.63) is 33.9 Å². The van der Waals surface area contributed by atoms with Gasteiger partial charge in [-0.1, -0.05) is 13.8 Å². The standard InChI is InChI=1S/C14H21N3O3/c1-9(2)7-10(3)16(4)14(18)12-8-11(17(19)20)5-6-13(12)15/h5-6,8-10H,7,15H2,1-4H3. The van der Waals surface area contributed by atoms with E-state index in [0.29, 0.717) is 5.92 Å². The Bertz CT molecular complexity index is 514. The molecule has 0 fully saturated rings. The third-order valence-electron chi connectivity index (χ3n) is 3.27. The Morgan fingerprint density at radius 2 is 2.00 bits per heavy atom. The molecule has 1 rings (SSSR count). The van der Waals surface area contributed by atoms with E-state index in [1.54, 1.807) is 11.9 Å². The SMILES string of the molecule is CC(C)CC(C)N(C)C(=O)c1cc([N+](=O)[O-])ccc1N. The highest BCUT2D eigenvalue weighted by Gasteiger charge is 2.22. The summed E-state index contributed by atoms with van der Waals surface area (Å²) in [5, 5.41) is 10.8. The predicted octanol–water partition coefficient (Wildman–Crippen LogP) is 2.68. The van der Waals surface area contributed by atoms with Crippen molar-refractivity contribution < 1.29 is 9.72 Å². The highest BCUT2D eigenvalue weighted by molar-refractivity contribution is 5.99. The van der Waals surface area contributed by atoms with E-state index in [2.05, 4.69) is 13.8 Å². The molecule has 0 bridgehead atoms. The summed E-state index contributed by atoms with van der Waals surface area (Å²) in [6, 6.07) is 3.97. The lowest BCUT2D eigenvalue weighted by Crippen LogP contribution is -2.36. The van der Waals surface area contributed by atoms with E-state index in [4.69, 9.17) is 5.73 Å². The summed E-state index contributed by atoms with van der Waals surface area (Å²) in [6.45, 7) is 6.11. The molecule has 20 heavy (non-hydrogen) atoms. The third kappa shape index (κ3) is 3.69. The van der Waals surface area contributed by atoms with Crippen LogP contribution in [-0.4, -0.2) is 28.8 Å². The maximum absolute atomic E-state index is 12.4. The Morgan fingerprint density at radius 1 is 1.40 bits per heavy atom. The number of rotatable bonds is 5. The number of nitrogens with two attached hydrogens (primary N) is 1. The highest BCUT2D eigenvalue weighted by atomic mass is 16.6. The van der Waals surface area contributed by atoms with E-state index in [-0.39, 0.29) is 28.9 Å². The number of nitro benzene ring substituents is 1. The molecule has 0 saturated carbocycles. The first kappa shape index (κ1) is 15.9. The van der Waals surface area contributed by atoms with Crippen LogP contribution in [0.1, 0.15) is 37.6 Å². The molecule has 1 aromatic carbocycles. The molecule has 2 N–H and O–H groups in total. The Balaban J connectivity index is 3.02. The Morgan fingerprint density at radius 3 is 2.50 bits per heavy atom. The van der Waals surface area contributed by atoms with Crippen molar-refractivity contribution in [3.8, 4) is 0 Å². The largest absolute Gasteiger partial charge is 0.398 e. The number of carbonyl (C=O) groups is 1. The summed E-state index contributed by atoms with van der Waals surface area (Å²) in [4.78, 5) is 24.2. The average Bonchev–Trinajstić information content (AvgIpc) is 2.36. The van der Waals surface area contributed by atoms with Gasteiger partial charge in [-0.05, 0) is 25.3 Å². The van der Waals surface area contributed by atoms with Crippen LogP contribution in [0.3, 0.4) is 0 Å². The zero-order valence-corrected chi connectivity index (χ0v) is 12.3. The summed E-state index contributed by atoms with van der Waals surface area (Å²) in [5.41, 5.74) is 6.06. The topological polar surface area (TPSA) is 89.5 Å². The van der Waals surface area contributed by atoms with E-state index in [1.165, 1.54) is 18.2 Å². The summed E-state index contributed by atoms with van der Waals surface area (Å²) < 4.78 is 0. The molecule has 0 saturated heterocycles. The number of nitrogen functional groups attached to an aromatic ring is 1. The predicted molar refractivity (Wildman–Crippen MR) is 78.5 cm³/mol. The fraction of sp³-hybridized carbons (Fsp3) is 0.500. The van der Waals surface area contributed by atoms with Crippen molar-refractivity contribution in [1.29, 1.82) is 0 Å². The van der Waals surface area contributed by atoms with Crippen molar-refractivity contribution in [2.24, 2.45) is 5.92 Å². The maximum Gasteiger partial charge on any atom is 0.270 e. The molecule has 0 aliphatic carbocycles. The molecule has 1 aromatic rings. The van der Waals surface area contributed by atoms with Gasteiger partial charge < -0.3 is 10.6 Å². The minimum Gasteiger partial charge on any atom is -0.398 e. The lowest BCUT2D eigenvalue weighted by molar-refractivity contribution is -0.384. The summed E-state index contributed by atoms with van der Waals surface area (Å²) in [7, 11) is 1.69. The maximum atomic E-state index is 12.4. The van der Waals surface area contributed by atoms with Crippen LogP contribution in [0.5, 0.6) is 0 Å². The number of hydrogen-bond donors (Lipinski definition) is 1. The molecule has 0 radical (unpaired) electrons. The molecule has 0 aliphatic heterocycles. The Hall–Kier alpha value is -2.11. The van der Waals surface area contributed by atoms with Gasteiger partial charge in [0.15, 0.2) is 0 Å². The molecular formula is C14H21N3O3. The van der Waals surface area contributed by atoms with Crippen molar-refractivity contribution in [1.82, 2.24) is 4.90 Å². The van der Waals surface area contributed by atoms with Crippen molar-refractivity contribution >= 4 is 17.3 Å². The van der Waals surface area contributed by atoms with E-state index >= 15 is 0 Å². The van der Waals surface area contributed by atoms with Gasteiger partial charge in [0.2, 0.25) is 0 Å². The van der Waals surface area contributed by atoms with Gasteiger partial charge in [0, 0.05) is 30.9 Å². The number of non-ortho nitro benzene ring substituents is 1. The van der Waals surface area contributed by atoms with E-state index in [1.807, 2.05) is 6.92 Å². The minimum absolute atomic E-state index is 0.0427. The lowest BCUT2D eigenvalue weighted by atomic mass is 10.0. The van der Waals surface area contributed by atoms with Crippen molar-refractivity contribution in [3.63, 3.8) is 0 Å². The van der Waals surface area contributed by atoms with Crippen LogP contribution in [0.25, 0.3) is 0 Å². The van der Waals surface area contributed by atoms with Gasteiger partial charge >= 0.3 is 0 Å². The van der Waals surface area contributed by atoms with Gasteiger partial charge in [0.05, 0.1) is 10.5 Å².